The Balaban J connectivity index is 2.12. The molecule has 0 fully saturated rings. The van der Waals surface area contributed by atoms with Crippen LogP contribution in [-0.4, -0.2) is 23.2 Å². The predicted octanol–water partition coefficient (Wildman–Crippen LogP) is 1.64. The zero-order valence-corrected chi connectivity index (χ0v) is 9.37. The Morgan fingerprint density at radius 3 is 2.93 bits per heavy atom. The van der Waals surface area contributed by atoms with E-state index in [0.717, 1.165) is 32.4 Å². The third-order valence-electron chi connectivity index (χ3n) is 2.47. The van der Waals surface area contributed by atoms with Crippen molar-refractivity contribution < 1.29 is 5.11 Å². The normalized spacial score (nSPS) is 10.5. The molecule has 0 aliphatic rings. The maximum atomic E-state index is 8.61. The number of aromatic nitrogens is 1. The van der Waals surface area contributed by atoms with Gasteiger partial charge in [0.15, 0.2) is 0 Å². The number of hydrogen-bond acceptors (Lipinski definition) is 3. The van der Waals surface area contributed by atoms with Crippen LogP contribution < -0.4 is 5.32 Å². The summed E-state index contributed by atoms with van der Waals surface area (Å²) >= 11 is 0. The topological polar surface area (TPSA) is 45.2 Å². The van der Waals surface area contributed by atoms with E-state index < -0.39 is 0 Å². The van der Waals surface area contributed by atoms with Gasteiger partial charge in [0.2, 0.25) is 0 Å². The van der Waals surface area contributed by atoms with E-state index in [1.165, 1.54) is 11.1 Å². The second-order valence-electron chi connectivity index (χ2n) is 3.76. The van der Waals surface area contributed by atoms with E-state index in [1.54, 1.807) is 0 Å². The van der Waals surface area contributed by atoms with Gasteiger partial charge in [0.05, 0.1) is 0 Å². The molecule has 0 saturated heterocycles. The van der Waals surface area contributed by atoms with E-state index in [1.807, 2.05) is 18.5 Å². The van der Waals surface area contributed by atoms with Crippen LogP contribution in [0.15, 0.2) is 18.5 Å². The van der Waals surface area contributed by atoms with Crippen LogP contribution in [0.2, 0.25) is 0 Å². The van der Waals surface area contributed by atoms with Crippen molar-refractivity contribution in [2.75, 3.05) is 13.2 Å². The summed E-state index contributed by atoms with van der Waals surface area (Å²) in [6.45, 7) is 4.30. The lowest BCUT2D eigenvalue weighted by Gasteiger charge is -2.06. The summed E-state index contributed by atoms with van der Waals surface area (Å²) in [7, 11) is 0. The number of nitrogens with one attached hydrogen (secondary N) is 1. The summed E-state index contributed by atoms with van der Waals surface area (Å²) in [5.41, 5.74) is 2.55. The zero-order valence-electron chi connectivity index (χ0n) is 9.37. The molecule has 0 atom stereocenters. The number of unbranched alkanes of at least 4 members (excludes halogenated alkanes) is 2. The van der Waals surface area contributed by atoms with Gasteiger partial charge in [-0.1, -0.05) is 0 Å². The van der Waals surface area contributed by atoms with Crippen molar-refractivity contribution in [3.63, 3.8) is 0 Å². The van der Waals surface area contributed by atoms with E-state index in [4.69, 9.17) is 5.11 Å². The van der Waals surface area contributed by atoms with Crippen LogP contribution in [0.5, 0.6) is 0 Å². The summed E-state index contributed by atoms with van der Waals surface area (Å²) < 4.78 is 0. The van der Waals surface area contributed by atoms with Crippen molar-refractivity contribution in [2.24, 2.45) is 0 Å². The van der Waals surface area contributed by atoms with Gasteiger partial charge in [-0.2, -0.15) is 0 Å². The fourth-order valence-corrected chi connectivity index (χ4v) is 1.44. The van der Waals surface area contributed by atoms with Gasteiger partial charge >= 0.3 is 0 Å². The minimum Gasteiger partial charge on any atom is -0.396 e. The summed E-state index contributed by atoms with van der Waals surface area (Å²) in [6.07, 6.45) is 6.86. The molecule has 0 aromatic carbocycles. The first kappa shape index (κ1) is 12.1. The molecule has 84 valence electrons. The quantitative estimate of drug-likeness (QED) is 0.670. The monoisotopic (exact) mass is 208 g/mol. The largest absolute Gasteiger partial charge is 0.396 e. The van der Waals surface area contributed by atoms with Crippen LogP contribution in [-0.2, 0) is 6.54 Å². The predicted molar refractivity (Wildman–Crippen MR) is 61.6 cm³/mol. The number of nitrogens with zero attached hydrogens (tertiary/aromatic N) is 1. The molecule has 3 nitrogen and oxygen atoms in total. The number of aliphatic hydroxyl groups excluding tert-OH is 1. The van der Waals surface area contributed by atoms with Crippen LogP contribution in [0, 0.1) is 6.92 Å². The Morgan fingerprint density at radius 1 is 1.33 bits per heavy atom. The zero-order chi connectivity index (χ0) is 10.9. The Hall–Kier alpha value is -0.930. The van der Waals surface area contributed by atoms with Crippen LogP contribution in [0.1, 0.15) is 30.4 Å². The molecule has 0 aliphatic carbocycles. The van der Waals surface area contributed by atoms with Gasteiger partial charge in [-0.05, 0) is 49.9 Å². The van der Waals surface area contributed by atoms with Crippen LogP contribution in [0.4, 0.5) is 0 Å². The Labute approximate surface area is 91.5 Å². The van der Waals surface area contributed by atoms with Gasteiger partial charge in [-0.3, -0.25) is 4.98 Å². The van der Waals surface area contributed by atoms with E-state index in [0.29, 0.717) is 6.61 Å². The van der Waals surface area contributed by atoms with Gasteiger partial charge in [0.25, 0.3) is 0 Å². The molecule has 0 spiro atoms. The van der Waals surface area contributed by atoms with Gasteiger partial charge in [0.1, 0.15) is 0 Å². The summed E-state index contributed by atoms with van der Waals surface area (Å²) in [5.74, 6) is 0. The van der Waals surface area contributed by atoms with E-state index in [2.05, 4.69) is 17.2 Å². The molecular weight excluding hydrogens is 188 g/mol. The molecule has 0 aliphatic heterocycles. The molecule has 1 heterocycles. The molecule has 1 aromatic heterocycles. The van der Waals surface area contributed by atoms with Crippen molar-refractivity contribution in [3.8, 4) is 0 Å². The van der Waals surface area contributed by atoms with Gasteiger partial charge in [0, 0.05) is 25.5 Å². The summed E-state index contributed by atoms with van der Waals surface area (Å²) in [6, 6.07) is 2.03. The highest BCUT2D eigenvalue weighted by molar-refractivity contribution is 5.20. The standard InChI is InChI=1S/C12H20N2O/c1-11-5-7-14-10-12(11)9-13-6-3-2-4-8-15/h5,7,10,13,15H,2-4,6,8-9H2,1H3. The number of hydrogen-bond donors (Lipinski definition) is 2. The van der Waals surface area contributed by atoms with Crippen molar-refractivity contribution in [1.29, 1.82) is 0 Å². The molecule has 1 rings (SSSR count). The minimum atomic E-state index is 0.307. The highest BCUT2D eigenvalue weighted by atomic mass is 16.2. The first-order valence-corrected chi connectivity index (χ1v) is 5.55. The van der Waals surface area contributed by atoms with E-state index in [-0.39, 0.29) is 0 Å². The number of rotatable bonds is 7. The summed E-state index contributed by atoms with van der Waals surface area (Å²) in [5, 5.41) is 12.0. The molecule has 0 radical (unpaired) electrons. The molecule has 1 aromatic rings. The summed E-state index contributed by atoms with van der Waals surface area (Å²) in [4.78, 5) is 4.10. The molecule has 2 N–H and O–H groups in total. The lowest BCUT2D eigenvalue weighted by Crippen LogP contribution is -2.15. The smallest absolute Gasteiger partial charge is 0.0431 e. The fourth-order valence-electron chi connectivity index (χ4n) is 1.44. The minimum absolute atomic E-state index is 0.307. The highest BCUT2D eigenvalue weighted by Crippen LogP contribution is 2.04. The average Bonchev–Trinajstić information content (AvgIpc) is 2.25. The van der Waals surface area contributed by atoms with Crippen LogP contribution in [0.25, 0.3) is 0 Å². The van der Waals surface area contributed by atoms with Gasteiger partial charge in [-0.25, -0.2) is 0 Å². The average molecular weight is 208 g/mol. The molecule has 0 bridgehead atoms. The third-order valence-corrected chi connectivity index (χ3v) is 2.47. The lowest BCUT2D eigenvalue weighted by molar-refractivity contribution is 0.283. The van der Waals surface area contributed by atoms with Crippen molar-refractivity contribution in [1.82, 2.24) is 10.3 Å². The molecule has 0 saturated carbocycles. The number of aliphatic hydroxyl groups is 1. The van der Waals surface area contributed by atoms with Crippen molar-refractivity contribution >= 4 is 0 Å². The van der Waals surface area contributed by atoms with Crippen molar-refractivity contribution in [3.05, 3.63) is 29.6 Å². The molecule has 15 heavy (non-hydrogen) atoms. The third kappa shape index (κ3) is 4.91. The van der Waals surface area contributed by atoms with E-state index >= 15 is 0 Å². The molecule has 0 amide bonds. The Morgan fingerprint density at radius 2 is 2.20 bits per heavy atom. The maximum absolute atomic E-state index is 8.61. The van der Waals surface area contributed by atoms with Crippen LogP contribution >= 0.6 is 0 Å². The maximum Gasteiger partial charge on any atom is 0.0431 e. The molecular formula is C12H20N2O. The number of pyridine rings is 1. The second-order valence-corrected chi connectivity index (χ2v) is 3.76. The molecule has 0 unspecified atom stereocenters. The Kier molecular flexibility index (Phi) is 5.97. The van der Waals surface area contributed by atoms with E-state index in [9.17, 15) is 0 Å². The van der Waals surface area contributed by atoms with Crippen molar-refractivity contribution in [2.45, 2.75) is 32.7 Å². The van der Waals surface area contributed by atoms with Gasteiger partial charge in [-0.15, -0.1) is 0 Å². The SMILES string of the molecule is Cc1ccncc1CNCCCCCO. The van der Waals surface area contributed by atoms with Gasteiger partial charge < -0.3 is 10.4 Å². The first-order chi connectivity index (χ1) is 7.34. The lowest BCUT2D eigenvalue weighted by atomic mass is 10.1. The first-order valence-electron chi connectivity index (χ1n) is 5.55. The highest BCUT2D eigenvalue weighted by Gasteiger charge is 1.96. The van der Waals surface area contributed by atoms with Crippen LogP contribution in [0.3, 0.4) is 0 Å². The number of aryl methyl sites for hydroxylation is 1. The molecule has 3 heteroatoms. The second kappa shape index (κ2) is 7.37. The fraction of sp³-hybridized carbons (Fsp3) is 0.583. The Bertz CT molecular complexity index is 276.